The van der Waals surface area contributed by atoms with Gasteiger partial charge in [0.05, 0.1) is 21.8 Å². The predicted octanol–water partition coefficient (Wildman–Crippen LogP) is 4.21. The highest BCUT2D eigenvalue weighted by Gasteiger charge is 2.22. The maximum absolute atomic E-state index is 6.24. The summed E-state index contributed by atoms with van der Waals surface area (Å²) in [5, 5.41) is 4.57. The third kappa shape index (κ3) is 3.41. The highest BCUT2D eigenvalue weighted by Crippen LogP contribution is 2.39. The molecule has 0 saturated carbocycles. The number of fused-ring (bicyclic) bond motifs is 1. The Morgan fingerprint density at radius 3 is 2.79 bits per heavy atom. The minimum absolute atomic E-state index is 0.142. The summed E-state index contributed by atoms with van der Waals surface area (Å²) < 4.78 is 0. The maximum atomic E-state index is 6.24. The SMILES string of the molecule is CC1NC(CCCCCN)=Nc2ccc(Cl)c(Cl)c21. The first-order chi connectivity index (χ1) is 9.13. The molecule has 1 aliphatic rings. The van der Waals surface area contributed by atoms with Gasteiger partial charge in [-0.25, -0.2) is 4.99 Å². The van der Waals surface area contributed by atoms with Crippen LogP contribution < -0.4 is 11.1 Å². The van der Waals surface area contributed by atoms with Gasteiger partial charge in [-0.1, -0.05) is 29.6 Å². The van der Waals surface area contributed by atoms with E-state index in [2.05, 4.69) is 17.2 Å². The quantitative estimate of drug-likeness (QED) is 0.800. The van der Waals surface area contributed by atoms with Crippen LogP contribution >= 0.6 is 23.2 Å². The summed E-state index contributed by atoms with van der Waals surface area (Å²) in [5.74, 6) is 1.02. The van der Waals surface area contributed by atoms with Crippen molar-refractivity contribution >= 4 is 34.7 Å². The predicted molar refractivity (Wildman–Crippen MR) is 82.6 cm³/mol. The van der Waals surface area contributed by atoms with Crippen LogP contribution in [0.15, 0.2) is 17.1 Å². The molecule has 0 radical (unpaired) electrons. The number of hydrogen-bond acceptors (Lipinski definition) is 3. The lowest BCUT2D eigenvalue weighted by Crippen LogP contribution is -2.29. The molecule has 1 heterocycles. The van der Waals surface area contributed by atoms with Gasteiger partial charge in [-0.2, -0.15) is 0 Å². The van der Waals surface area contributed by atoms with Gasteiger partial charge in [0.2, 0.25) is 0 Å². The van der Waals surface area contributed by atoms with Crippen molar-refractivity contribution in [3.63, 3.8) is 0 Å². The second-order valence-electron chi connectivity index (χ2n) is 4.82. The van der Waals surface area contributed by atoms with Crippen LogP contribution in [0.25, 0.3) is 0 Å². The highest BCUT2D eigenvalue weighted by atomic mass is 35.5. The van der Waals surface area contributed by atoms with Crippen molar-refractivity contribution in [3.05, 3.63) is 27.7 Å². The molecule has 0 aromatic heterocycles. The van der Waals surface area contributed by atoms with Crippen LogP contribution in [0.2, 0.25) is 10.0 Å². The maximum Gasteiger partial charge on any atom is 0.103 e. The van der Waals surface area contributed by atoms with Crippen LogP contribution in [0, 0.1) is 0 Å². The van der Waals surface area contributed by atoms with Crippen molar-refractivity contribution in [1.82, 2.24) is 5.32 Å². The van der Waals surface area contributed by atoms with Crippen molar-refractivity contribution in [2.75, 3.05) is 6.54 Å². The van der Waals surface area contributed by atoms with E-state index in [9.17, 15) is 0 Å². The van der Waals surface area contributed by atoms with E-state index in [1.807, 2.05) is 6.07 Å². The van der Waals surface area contributed by atoms with Gasteiger partial charge in [0.1, 0.15) is 5.84 Å². The van der Waals surface area contributed by atoms with Crippen LogP contribution in [0.3, 0.4) is 0 Å². The summed E-state index contributed by atoms with van der Waals surface area (Å²) >= 11 is 12.3. The fraction of sp³-hybridized carbons (Fsp3) is 0.500. The molecule has 3 nitrogen and oxygen atoms in total. The molecule has 0 spiro atoms. The molecule has 104 valence electrons. The number of halogens is 2. The van der Waals surface area contributed by atoms with Gasteiger partial charge in [0, 0.05) is 12.0 Å². The first kappa shape index (κ1) is 14.6. The number of hydrogen-bond donors (Lipinski definition) is 2. The van der Waals surface area contributed by atoms with Gasteiger partial charge in [0.15, 0.2) is 0 Å². The Labute approximate surface area is 124 Å². The fourth-order valence-corrected chi connectivity index (χ4v) is 2.80. The molecule has 0 saturated heterocycles. The third-order valence-corrected chi connectivity index (χ3v) is 4.12. The first-order valence-electron chi connectivity index (χ1n) is 6.65. The summed E-state index contributed by atoms with van der Waals surface area (Å²) in [4.78, 5) is 4.63. The normalized spacial score (nSPS) is 17.7. The zero-order chi connectivity index (χ0) is 13.8. The number of nitrogens with zero attached hydrogens (tertiary/aromatic N) is 1. The minimum Gasteiger partial charge on any atom is -0.367 e. The van der Waals surface area contributed by atoms with Crippen LogP contribution in [-0.4, -0.2) is 12.4 Å². The number of aliphatic imine (C=N–C) groups is 1. The molecular formula is C14H19Cl2N3. The zero-order valence-electron chi connectivity index (χ0n) is 11.0. The number of amidine groups is 1. The monoisotopic (exact) mass is 299 g/mol. The van der Waals surface area contributed by atoms with Gasteiger partial charge < -0.3 is 11.1 Å². The Hall–Kier alpha value is -0.770. The Bertz CT molecular complexity index is 486. The molecule has 2 rings (SSSR count). The molecule has 1 aromatic rings. The molecule has 1 aromatic carbocycles. The number of benzene rings is 1. The second kappa shape index (κ2) is 6.60. The van der Waals surface area contributed by atoms with Gasteiger partial charge >= 0.3 is 0 Å². The van der Waals surface area contributed by atoms with E-state index < -0.39 is 0 Å². The average molecular weight is 300 g/mol. The molecular weight excluding hydrogens is 281 g/mol. The molecule has 0 aliphatic carbocycles. The number of unbranched alkanes of at least 4 members (excludes halogenated alkanes) is 2. The Kier molecular flexibility index (Phi) is 5.08. The molecule has 19 heavy (non-hydrogen) atoms. The van der Waals surface area contributed by atoms with Crippen LogP contribution in [-0.2, 0) is 0 Å². The van der Waals surface area contributed by atoms with E-state index in [1.165, 1.54) is 0 Å². The molecule has 1 atom stereocenters. The Balaban J connectivity index is 2.13. The summed E-state index contributed by atoms with van der Waals surface area (Å²) in [7, 11) is 0. The zero-order valence-corrected chi connectivity index (χ0v) is 12.6. The standard InChI is InChI=1S/C14H19Cl2N3/c1-9-13-11(7-6-10(15)14(13)16)19-12(18-9)5-3-2-4-8-17/h6-7,9H,2-5,8,17H2,1H3,(H,18,19). The number of nitrogens with two attached hydrogens (primary N) is 1. The summed E-state index contributed by atoms with van der Waals surface area (Å²) in [6.07, 6.45) is 4.26. The lowest BCUT2D eigenvalue weighted by molar-refractivity contribution is 0.659. The smallest absolute Gasteiger partial charge is 0.103 e. The van der Waals surface area contributed by atoms with Crippen molar-refractivity contribution in [1.29, 1.82) is 0 Å². The van der Waals surface area contributed by atoms with Crippen molar-refractivity contribution in [2.24, 2.45) is 10.7 Å². The van der Waals surface area contributed by atoms with E-state index in [0.717, 1.165) is 49.3 Å². The summed E-state index contributed by atoms with van der Waals surface area (Å²) in [6, 6.07) is 3.88. The Morgan fingerprint density at radius 1 is 1.26 bits per heavy atom. The fourth-order valence-electron chi connectivity index (χ4n) is 2.31. The molecule has 5 heteroatoms. The molecule has 0 fully saturated rings. The lowest BCUT2D eigenvalue weighted by Gasteiger charge is -2.25. The molecule has 0 bridgehead atoms. The highest BCUT2D eigenvalue weighted by molar-refractivity contribution is 6.42. The van der Waals surface area contributed by atoms with E-state index in [4.69, 9.17) is 28.9 Å². The van der Waals surface area contributed by atoms with Crippen LogP contribution in [0.1, 0.15) is 44.2 Å². The summed E-state index contributed by atoms with van der Waals surface area (Å²) in [6.45, 7) is 2.84. The third-order valence-electron chi connectivity index (χ3n) is 3.30. The minimum atomic E-state index is 0.142. The van der Waals surface area contributed by atoms with Crippen molar-refractivity contribution < 1.29 is 0 Å². The van der Waals surface area contributed by atoms with E-state index in [0.29, 0.717) is 10.0 Å². The van der Waals surface area contributed by atoms with Crippen LogP contribution in [0.5, 0.6) is 0 Å². The first-order valence-corrected chi connectivity index (χ1v) is 7.41. The lowest BCUT2D eigenvalue weighted by atomic mass is 10.0. The van der Waals surface area contributed by atoms with Gasteiger partial charge in [-0.3, -0.25) is 0 Å². The van der Waals surface area contributed by atoms with Crippen molar-refractivity contribution in [3.8, 4) is 0 Å². The van der Waals surface area contributed by atoms with Gasteiger partial charge in [-0.05, 0) is 38.4 Å². The topological polar surface area (TPSA) is 50.4 Å². The van der Waals surface area contributed by atoms with Gasteiger partial charge in [0.25, 0.3) is 0 Å². The van der Waals surface area contributed by atoms with Crippen molar-refractivity contribution in [2.45, 2.75) is 38.6 Å². The summed E-state index contributed by atoms with van der Waals surface area (Å²) in [5.41, 5.74) is 7.40. The van der Waals surface area contributed by atoms with Gasteiger partial charge in [-0.15, -0.1) is 0 Å². The molecule has 3 N–H and O–H groups in total. The average Bonchev–Trinajstić information content (AvgIpc) is 2.39. The Morgan fingerprint density at radius 2 is 2.05 bits per heavy atom. The van der Waals surface area contributed by atoms with E-state index in [1.54, 1.807) is 6.07 Å². The molecule has 1 unspecified atom stereocenters. The van der Waals surface area contributed by atoms with E-state index >= 15 is 0 Å². The molecule has 1 aliphatic heterocycles. The number of nitrogens with one attached hydrogen (secondary N) is 1. The number of rotatable bonds is 5. The molecule has 0 amide bonds. The largest absolute Gasteiger partial charge is 0.367 e. The van der Waals surface area contributed by atoms with E-state index in [-0.39, 0.29) is 6.04 Å². The van der Waals surface area contributed by atoms with Crippen LogP contribution in [0.4, 0.5) is 5.69 Å². The second-order valence-corrected chi connectivity index (χ2v) is 5.60.